The smallest absolute Gasteiger partial charge is 0.232 e. The Hall–Kier alpha value is -0.890. The van der Waals surface area contributed by atoms with Crippen LogP contribution in [0.2, 0.25) is 0 Å². The van der Waals surface area contributed by atoms with Crippen LogP contribution in [-0.4, -0.2) is 56.9 Å². The zero-order chi connectivity index (χ0) is 17.7. The monoisotopic (exact) mass is 419 g/mol. The molecule has 3 N–H and O–H groups in total. The maximum absolute atomic E-state index is 12.7. The van der Waals surface area contributed by atoms with E-state index in [1.807, 2.05) is 12.1 Å². The summed E-state index contributed by atoms with van der Waals surface area (Å²) in [5, 5.41) is 3.04. The number of carbonyl (C=O) groups excluding carboxylic acids is 1. The van der Waals surface area contributed by atoms with Crippen LogP contribution >= 0.6 is 24.8 Å². The van der Waals surface area contributed by atoms with Crippen molar-refractivity contribution in [3.63, 3.8) is 0 Å². The van der Waals surface area contributed by atoms with Gasteiger partial charge in [-0.15, -0.1) is 24.8 Å². The van der Waals surface area contributed by atoms with E-state index in [1.165, 1.54) is 5.56 Å². The first-order valence-corrected chi connectivity index (χ1v) is 9.16. The van der Waals surface area contributed by atoms with Gasteiger partial charge < -0.3 is 20.5 Å². The summed E-state index contributed by atoms with van der Waals surface area (Å²) >= 11 is 0. The molecule has 6 nitrogen and oxygen atoms in total. The molecule has 0 bridgehead atoms. The van der Waals surface area contributed by atoms with Crippen molar-refractivity contribution in [3.05, 3.63) is 29.8 Å². The molecule has 2 fully saturated rings. The molecule has 0 aromatic heterocycles. The number of benzene rings is 1. The lowest BCUT2D eigenvalue weighted by molar-refractivity contribution is -0.130. The molecule has 1 atom stereocenters. The Morgan fingerprint density at radius 3 is 2.22 bits per heavy atom. The number of halogens is 2. The van der Waals surface area contributed by atoms with Gasteiger partial charge in [0.05, 0.1) is 18.6 Å². The normalized spacial score (nSPS) is 20.7. The van der Waals surface area contributed by atoms with Crippen LogP contribution in [0.5, 0.6) is 0 Å². The number of morpholine rings is 1. The molecule has 1 amide bonds. The van der Waals surface area contributed by atoms with E-state index in [9.17, 15) is 4.79 Å². The number of nitrogens with one attached hydrogen (secondary N) is 1. The second-order valence-electron chi connectivity index (χ2n) is 7.00. The van der Waals surface area contributed by atoms with Crippen molar-refractivity contribution in [2.24, 2.45) is 11.1 Å². The number of hydrogen-bond acceptors (Lipinski definition) is 5. The lowest BCUT2D eigenvalue weighted by Crippen LogP contribution is -2.46. The van der Waals surface area contributed by atoms with Crippen LogP contribution in [0.15, 0.2) is 24.3 Å². The van der Waals surface area contributed by atoms with E-state index in [0.717, 1.165) is 32.0 Å². The molecule has 0 radical (unpaired) electrons. The summed E-state index contributed by atoms with van der Waals surface area (Å²) in [5.41, 5.74) is 7.48. The van der Waals surface area contributed by atoms with Crippen molar-refractivity contribution < 1.29 is 14.3 Å². The fourth-order valence-corrected chi connectivity index (χ4v) is 3.57. The summed E-state index contributed by atoms with van der Waals surface area (Å²) in [4.78, 5) is 15.1. The molecular weight excluding hydrogens is 389 g/mol. The minimum absolute atomic E-state index is 0. The molecule has 2 aliphatic heterocycles. The number of amides is 1. The highest BCUT2D eigenvalue weighted by molar-refractivity contribution is 5.95. The molecule has 2 aliphatic rings. The highest BCUT2D eigenvalue weighted by Gasteiger charge is 2.38. The van der Waals surface area contributed by atoms with E-state index in [2.05, 4.69) is 29.3 Å². The predicted octanol–water partition coefficient (Wildman–Crippen LogP) is 2.62. The summed E-state index contributed by atoms with van der Waals surface area (Å²) in [6, 6.07) is 8.49. The Morgan fingerprint density at radius 2 is 1.67 bits per heavy atom. The molecule has 1 aromatic rings. The highest BCUT2D eigenvalue weighted by atomic mass is 35.5. The predicted molar refractivity (Wildman–Crippen MR) is 112 cm³/mol. The van der Waals surface area contributed by atoms with Crippen molar-refractivity contribution in [1.82, 2.24) is 4.90 Å². The highest BCUT2D eigenvalue weighted by Crippen LogP contribution is 2.31. The number of ether oxygens (including phenoxy) is 2. The first-order chi connectivity index (χ1) is 12.1. The van der Waals surface area contributed by atoms with E-state index in [4.69, 9.17) is 15.2 Å². The number of hydrogen-bond donors (Lipinski definition) is 2. The van der Waals surface area contributed by atoms with Crippen LogP contribution in [0, 0.1) is 5.41 Å². The minimum atomic E-state index is -0.502. The Bertz CT molecular complexity index is 574. The van der Waals surface area contributed by atoms with E-state index >= 15 is 0 Å². The van der Waals surface area contributed by atoms with Crippen molar-refractivity contribution in [2.75, 3.05) is 51.4 Å². The molecule has 154 valence electrons. The Kier molecular flexibility index (Phi) is 10.0. The molecule has 1 unspecified atom stereocenters. The molecule has 27 heavy (non-hydrogen) atoms. The third kappa shape index (κ3) is 5.79. The molecule has 0 aliphatic carbocycles. The fourth-order valence-electron chi connectivity index (χ4n) is 3.57. The number of nitrogens with zero attached hydrogens (tertiary/aromatic N) is 1. The van der Waals surface area contributed by atoms with Crippen LogP contribution in [0.1, 0.15) is 31.4 Å². The summed E-state index contributed by atoms with van der Waals surface area (Å²) in [5.74, 6) is 0.00674. The minimum Gasteiger partial charge on any atom is -0.381 e. The van der Waals surface area contributed by atoms with Crippen LogP contribution < -0.4 is 11.1 Å². The van der Waals surface area contributed by atoms with Crippen molar-refractivity contribution >= 4 is 36.4 Å². The maximum atomic E-state index is 12.7. The first-order valence-electron chi connectivity index (χ1n) is 9.16. The quantitative estimate of drug-likeness (QED) is 0.766. The Morgan fingerprint density at radius 1 is 1.11 bits per heavy atom. The van der Waals surface area contributed by atoms with Crippen LogP contribution in [0.3, 0.4) is 0 Å². The third-order valence-corrected chi connectivity index (χ3v) is 5.57. The van der Waals surface area contributed by atoms with Crippen molar-refractivity contribution in [1.29, 1.82) is 0 Å². The number of anilines is 1. The van der Waals surface area contributed by atoms with E-state index in [1.54, 1.807) is 0 Å². The number of carbonyl (C=O) groups is 1. The number of rotatable bonds is 5. The van der Waals surface area contributed by atoms with Gasteiger partial charge in [0.25, 0.3) is 0 Å². The van der Waals surface area contributed by atoms with Crippen molar-refractivity contribution in [3.8, 4) is 0 Å². The molecule has 8 heteroatoms. The van der Waals surface area contributed by atoms with Gasteiger partial charge in [0.1, 0.15) is 0 Å². The van der Waals surface area contributed by atoms with Gasteiger partial charge in [0, 0.05) is 44.6 Å². The van der Waals surface area contributed by atoms with Gasteiger partial charge >= 0.3 is 0 Å². The molecule has 0 saturated carbocycles. The lowest BCUT2D eigenvalue weighted by atomic mass is 9.79. The molecule has 2 heterocycles. The van der Waals surface area contributed by atoms with Gasteiger partial charge in [-0.2, -0.15) is 0 Å². The standard InChI is InChI=1S/C19H29N3O3.2ClH/c1-15(22-8-12-25-13-9-22)16-2-4-17(5-3-16)21-18(23)19(14-20)6-10-24-11-7-19;;/h2-5,15H,6-14,20H2,1H3,(H,21,23);2*1H. The van der Waals surface area contributed by atoms with Gasteiger partial charge in [-0.3, -0.25) is 9.69 Å². The summed E-state index contributed by atoms with van der Waals surface area (Å²) in [6.07, 6.45) is 1.36. The Labute approximate surface area is 174 Å². The van der Waals surface area contributed by atoms with E-state index in [-0.39, 0.29) is 30.7 Å². The first kappa shape index (κ1) is 24.1. The second-order valence-corrected chi connectivity index (χ2v) is 7.00. The van der Waals surface area contributed by atoms with Crippen molar-refractivity contribution in [2.45, 2.75) is 25.8 Å². The van der Waals surface area contributed by atoms with Gasteiger partial charge in [0.15, 0.2) is 0 Å². The average molecular weight is 420 g/mol. The van der Waals surface area contributed by atoms with Gasteiger partial charge in [-0.05, 0) is 37.5 Å². The molecule has 0 spiro atoms. The maximum Gasteiger partial charge on any atom is 0.232 e. The van der Waals surface area contributed by atoms with E-state index in [0.29, 0.717) is 38.6 Å². The second kappa shape index (κ2) is 11.2. The summed E-state index contributed by atoms with van der Waals surface area (Å²) < 4.78 is 10.8. The zero-order valence-corrected chi connectivity index (χ0v) is 17.4. The van der Waals surface area contributed by atoms with Gasteiger partial charge in [-0.1, -0.05) is 12.1 Å². The van der Waals surface area contributed by atoms with Crippen LogP contribution in [-0.2, 0) is 14.3 Å². The Balaban J connectivity index is 0.00000182. The van der Waals surface area contributed by atoms with Crippen LogP contribution in [0.4, 0.5) is 5.69 Å². The SMILES string of the molecule is CC(c1ccc(NC(=O)C2(CN)CCOCC2)cc1)N1CCOCC1.Cl.Cl. The average Bonchev–Trinajstić information content (AvgIpc) is 2.69. The largest absolute Gasteiger partial charge is 0.381 e. The molecular formula is C19H31Cl2N3O3. The van der Waals surface area contributed by atoms with Gasteiger partial charge in [-0.25, -0.2) is 0 Å². The third-order valence-electron chi connectivity index (χ3n) is 5.57. The van der Waals surface area contributed by atoms with Gasteiger partial charge in [0.2, 0.25) is 5.91 Å². The summed E-state index contributed by atoms with van der Waals surface area (Å²) in [6.45, 7) is 7.27. The van der Waals surface area contributed by atoms with E-state index < -0.39 is 5.41 Å². The molecule has 2 saturated heterocycles. The zero-order valence-electron chi connectivity index (χ0n) is 15.8. The fraction of sp³-hybridized carbons (Fsp3) is 0.632. The lowest BCUT2D eigenvalue weighted by Gasteiger charge is -2.34. The molecule has 3 rings (SSSR count). The van der Waals surface area contributed by atoms with Crippen LogP contribution in [0.25, 0.3) is 0 Å². The number of nitrogens with two attached hydrogens (primary N) is 1. The topological polar surface area (TPSA) is 76.8 Å². The summed E-state index contributed by atoms with van der Waals surface area (Å²) in [7, 11) is 0. The molecule has 1 aromatic carbocycles.